The first-order valence-electron chi connectivity index (χ1n) is 49.0. The van der Waals surface area contributed by atoms with Crippen molar-refractivity contribution in [2.45, 2.75) is 338 Å². The Morgan fingerprint density at radius 3 is 1.16 bits per heavy atom. The van der Waals surface area contributed by atoms with Crippen LogP contribution in [0, 0.1) is 145 Å². The number of carbonyl (C=O) groups is 5. The molecule has 35 atom stereocenters. The zero-order chi connectivity index (χ0) is 104. The van der Waals surface area contributed by atoms with Crippen molar-refractivity contribution in [3.05, 3.63) is 126 Å². The molecule has 796 valence electrons. The number of hydrogen-bond acceptors (Lipinski definition) is 31. The number of carbonyl (C=O) groups excluding carboxylic acids is 5. The zero-order valence-electron chi connectivity index (χ0n) is 83.2. The lowest BCUT2D eigenvalue weighted by atomic mass is 9.44. The number of Topliss-reactive ketones (excluding diaryl/α,β-unsaturated/α-hetero) is 1. The van der Waals surface area contributed by atoms with Crippen LogP contribution in [-0.2, 0) is 52.7 Å². The molecule has 3 saturated heterocycles. The topological polar surface area (TPSA) is 511 Å². The normalized spacial score (nSPS) is 49.8. The minimum atomic E-state index is -2.45. The van der Waals surface area contributed by atoms with Gasteiger partial charge in [0.05, 0.1) is 62.4 Å². The minimum Gasteiger partial charge on any atom is -0.392 e. The van der Waals surface area contributed by atoms with Gasteiger partial charge in [0.2, 0.25) is 0 Å². The van der Waals surface area contributed by atoms with Crippen molar-refractivity contribution in [1.29, 1.82) is 0 Å². The molecule has 0 spiro atoms. The number of rotatable bonds is 14. The predicted molar refractivity (Wildman–Crippen MR) is 531 cm³/mol. The van der Waals surface area contributed by atoms with Crippen LogP contribution in [0.15, 0.2) is 95.2 Å². The number of fused-ring (bicyclic) bond motifs is 20. The van der Waals surface area contributed by atoms with Crippen LogP contribution in [0.2, 0.25) is 0 Å². The van der Waals surface area contributed by atoms with Gasteiger partial charge in [-0.15, -0.1) is 64.4 Å². The van der Waals surface area contributed by atoms with Gasteiger partial charge < -0.3 is 85.1 Å². The van der Waals surface area contributed by atoms with Gasteiger partial charge in [0.1, 0.15) is 36.1 Å². The van der Waals surface area contributed by atoms with Gasteiger partial charge in [0.15, 0.2) is 74.4 Å². The van der Waals surface area contributed by atoms with Gasteiger partial charge >= 0.3 is 0 Å². The maximum Gasteiger partial charge on any atom is 0.295 e. The lowest BCUT2D eigenvalue weighted by Gasteiger charge is -2.65. The van der Waals surface area contributed by atoms with Gasteiger partial charge in [-0.25, -0.2) is 17.6 Å². The fraction of sp³-hybridized carbons (Fsp3) is 0.792. The Labute approximate surface area is 865 Å². The second kappa shape index (κ2) is 37.0. The number of halogens is 7. The molecule has 19 aliphatic rings. The number of hydroxylamine groups is 4. The van der Waals surface area contributed by atoms with Crippen LogP contribution in [0.5, 0.6) is 0 Å². The first-order valence-corrected chi connectivity index (χ1v) is 55.3. The second-order valence-corrected chi connectivity index (χ2v) is 48.2. The van der Waals surface area contributed by atoms with Crippen LogP contribution >= 0.6 is 61.2 Å². The van der Waals surface area contributed by atoms with Gasteiger partial charge in [0.25, 0.3) is 15.3 Å². The summed E-state index contributed by atoms with van der Waals surface area (Å²) < 4.78 is 87.8. The van der Waals surface area contributed by atoms with Gasteiger partial charge in [-0.3, -0.25) is 29.3 Å². The highest BCUT2D eigenvalue weighted by molar-refractivity contribution is 15.0. The summed E-state index contributed by atoms with van der Waals surface area (Å²) in [6.45, 7) is 28.9. The summed E-state index contributed by atoms with van der Waals surface area (Å²) in [7, 11) is 0. The lowest BCUT2D eigenvalue weighted by Crippen LogP contribution is -2.77. The van der Waals surface area contributed by atoms with Crippen LogP contribution in [-0.4, -0.2) is 260 Å². The Morgan fingerprint density at radius 2 is 0.817 bits per heavy atom. The Bertz CT molecular complexity index is 5340. The van der Waals surface area contributed by atoms with E-state index in [1.54, 1.807) is 94.4 Å². The van der Waals surface area contributed by atoms with Crippen molar-refractivity contribution < 1.29 is 142 Å². The predicted octanol–water partition coefficient (Wildman–Crippen LogP) is 13.0. The van der Waals surface area contributed by atoms with Gasteiger partial charge in [-0.2, -0.15) is 0 Å². The molecule has 3 aliphatic heterocycles. The molecule has 12 N–H and O–H groups in total. The van der Waals surface area contributed by atoms with E-state index in [0.717, 1.165) is 10.6 Å². The Hall–Kier alpha value is -4.90. The van der Waals surface area contributed by atoms with Crippen molar-refractivity contribution in [3.8, 4) is 0 Å². The summed E-state index contributed by atoms with van der Waals surface area (Å²) >= 11 is 4.24. The Balaban J connectivity index is 0.000000159. The lowest BCUT2D eigenvalue weighted by molar-refractivity contribution is -0.804. The van der Waals surface area contributed by atoms with Crippen molar-refractivity contribution >= 4 is 90.1 Å². The van der Waals surface area contributed by atoms with Crippen LogP contribution in [0.3, 0.4) is 0 Å². The number of aliphatic hydroxyl groups is 9. The Morgan fingerprint density at radius 1 is 0.472 bits per heavy atom. The van der Waals surface area contributed by atoms with Gasteiger partial charge in [-0.1, -0.05) is 109 Å². The maximum atomic E-state index is 18.1. The fourth-order valence-corrected chi connectivity index (χ4v) is 34.2. The molecule has 0 aromatic heterocycles. The average Bonchev–Trinajstić information content (AvgIpc) is 1.74. The molecule has 19 rings (SSSR count). The zero-order valence-corrected chi connectivity index (χ0v) is 89.8. The van der Waals surface area contributed by atoms with E-state index in [9.17, 15) is 111 Å². The number of aliphatic hydroxyl groups excluding tert-OH is 6. The third kappa shape index (κ3) is 14.7. The van der Waals surface area contributed by atoms with Crippen LogP contribution in [0.4, 0.5) is 17.6 Å². The second-order valence-electron chi connectivity index (χ2n) is 48.2. The fourth-order valence-electron chi connectivity index (χ4n) is 34.2. The molecule has 0 radical (unpaired) electrons. The van der Waals surface area contributed by atoms with E-state index in [4.69, 9.17) is 28.7 Å². The molecule has 41 heteroatoms. The van der Waals surface area contributed by atoms with E-state index in [2.05, 4.69) is 42.5 Å². The molecule has 142 heavy (non-hydrogen) atoms. The number of alkyl halides is 4. The summed E-state index contributed by atoms with van der Waals surface area (Å²) in [5.41, 5.74) is -30.5. The summed E-state index contributed by atoms with van der Waals surface area (Å²) in [6.07, 6.45) is 15.9. The molecule has 3 heterocycles. The summed E-state index contributed by atoms with van der Waals surface area (Å²) in [4.78, 5) is 112. The summed E-state index contributed by atoms with van der Waals surface area (Å²) in [5, 5.41) is 161. The number of nitrogens with zero attached hydrogens (tertiary/aromatic N) is 5. The van der Waals surface area contributed by atoms with Crippen molar-refractivity contribution in [2.24, 2.45) is 114 Å². The SMILES string of the molecule is C.C[C@H]1CC2C3CCC4=CC(=O)C=C[C@]4(C)[C@@]3(F)[C@@H](O)C[C@]2(C)[C@@]1(O)C(=O)CO.C[C@H]1CC2C3CCC4=CC(=O)C=C[C@]4(C)[C@@]3(F)[C@@H](O)C[C@]2(C)[C@@]1(O)C1(CO)NC(C)(C)CO1.C[C@H]1CC2C3CCC4=CC(=O)C=C[C@]4(C)[C@@]3(F)[C@@H](O)C[C@]2(C)[C@@]1(O)C1(CO)OCC(C)(C)N1O.C[C@H]1CC2C3CCC4=CC(=O)C=C[C@]4(C)[C@@]3(F)[C@@H](O[N+](=O)[O-])C[C@]2(C)[C@@]1(O[N+](=O)[O-])C1(CO[N+](=O)[O-])OCC(C)(C)N1O.I.II. The highest BCUT2D eigenvalue weighted by Gasteiger charge is 2.87. The van der Waals surface area contributed by atoms with Crippen molar-refractivity contribution in [1.82, 2.24) is 15.4 Å². The van der Waals surface area contributed by atoms with Crippen LogP contribution in [0.25, 0.3) is 0 Å². The molecule has 0 amide bonds. The summed E-state index contributed by atoms with van der Waals surface area (Å²) in [5.74, 6) is -7.82. The molecule has 0 bridgehead atoms. The maximum absolute atomic E-state index is 18.1. The molecule has 16 aliphatic carbocycles. The molecular weight excluding hydrogens is 2200 g/mol. The number of nitrogens with one attached hydrogen (secondary N) is 1. The molecule has 0 aromatic rings. The standard InChI is InChI=1S/C26H35FN4O12.C26H38FNO6.C26H38FNO5.C22H29FO5.CH4.I2.HI/c1-15-10-19-18-7-6-16-11-17(32)8-9-22(16,4)25(18,27)20(42-30(36)37)12-23(19,5)26(15,43-31(38)39)24(14-41-29(34)35)28(33)21(2,3)13-40-24;1-15-10-19-18-7-6-16-11-17(30)8-9-22(16,4)25(18,27)20(31)12-23(19,5)26(15,32)24(13-29)28(33)21(2,3)14-34-24;1-15-10-19-18-7-6-16-11-17(30)8-9-22(16,4)25(18,27)20(31)12-23(19,5)26(15,32)24(13-29)28-21(2,3)14-33-24;1-12-8-16-15-5-4-13-9-14(25)6-7-19(13,2)21(15,23)17(26)10-20(16,3)22(12,28)18(27)11-24;;1-2;/h8-9,11,15,18-20,33H,6-7,10,12-14H2,1-5H3;8-9,11,15,18-20,29,31-33H,6-7,10,12-14H2,1-5H3;8-9,11,15,18-20,28-29,31-32H,6-7,10,12-14H2,1-5H3;6-7,9,12,15-17,24,26,28H,4-5,8,10-11H2,1-3H3;1H4;;1H/t3*15-,18?,19?,20-,22-,23-,24?,25-,26+;12-,15?,16?,17-,19-,20-,21-,22-;;;/m0000.../s1. The minimum absolute atomic E-state index is 0. The van der Waals surface area contributed by atoms with Gasteiger partial charge in [0, 0.05) is 110 Å². The first-order chi connectivity index (χ1) is 64.6. The van der Waals surface area contributed by atoms with Crippen LogP contribution in [0.1, 0.15) is 235 Å². The van der Waals surface area contributed by atoms with Crippen molar-refractivity contribution in [2.75, 3.05) is 46.2 Å². The number of hydrogen-bond donors (Lipinski definition) is 12. The highest BCUT2D eigenvalue weighted by atomic mass is 128. The monoisotopic (exact) mass is 2350 g/mol. The number of ether oxygens (including phenoxy) is 3. The van der Waals surface area contributed by atoms with E-state index in [-0.39, 0.29) is 130 Å². The molecule has 12 saturated carbocycles. The van der Waals surface area contributed by atoms with E-state index < -0.39 is 248 Å². The van der Waals surface area contributed by atoms with E-state index >= 15 is 17.6 Å². The van der Waals surface area contributed by atoms with Crippen LogP contribution < -0.4 is 5.32 Å². The smallest absolute Gasteiger partial charge is 0.295 e. The largest absolute Gasteiger partial charge is 0.392 e. The van der Waals surface area contributed by atoms with E-state index in [0.29, 0.717) is 86.2 Å². The molecule has 34 nitrogen and oxygen atoms in total. The average molecular weight is 2350 g/mol. The quantitative estimate of drug-likeness (QED) is 0.0333. The van der Waals surface area contributed by atoms with E-state index in [1.165, 1.54) is 61.6 Å². The molecule has 0 aromatic carbocycles. The third-order valence-electron chi connectivity index (χ3n) is 40.8. The highest BCUT2D eigenvalue weighted by Crippen LogP contribution is 2.79. The molecular formula is C101H145F4I3N6O28. The Kier molecular flexibility index (Phi) is 29.8. The molecule has 15 fully saturated rings. The van der Waals surface area contributed by atoms with E-state index in [1.807, 2.05) is 41.5 Å². The first kappa shape index (κ1) is 114. The summed E-state index contributed by atoms with van der Waals surface area (Å²) in [6, 6.07) is 0. The number of allylic oxidation sites excluding steroid dienone is 16. The molecule has 11 unspecified atom stereocenters. The number of ketones is 5. The van der Waals surface area contributed by atoms with Gasteiger partial charge in [-0.05, 0) is 268 Å². The third-order valence-corrected chi connectivity index (χ3v) is 40.8. The van der Waals surface area contributed by atoms with Crippen molar-refractivity contribution in [3.63, 3.8) is 0 Å².